The van der Waals surface area contributed by atoms with E-state index in [-0.39, 0.29) is 11.7 Å². The first-order chi connectivity index (χ1) is 8.72. The molecule has 0 amide bonds. The van der Waals surface area contributed by atoms with Gasteiger partial charge in [-0.2, -0.15) is 0 Å². The van der Waals surface area contributed by atoms with Gasteiger partial charge >= 0.3 is 0 Å². The minimum Gasteiger partial charge on any atom is -0.387 e. The Hall–Kier alpha value is -1.64. The maximum absolute atomic E-state index is 12.1. The van der Waals surface area contributed by atoms with Crippen LogP contribution in [0.3, 0.4) is 0 Å². The van der Waals surface area contributed by atoms with Crippen LogP contribution >= 0.6 is 11.6 Å². The molecule has 18 heavy (non-hydrogen) atoms. The van der Waals surface area contributed by atoms with Gasteiger partial charge in [-0.25, -0.2) is 0 Å². The number of rotatable bonds is 4. The molecule has 0 aromatic heterocycles. The van der Waals surface area contributed by atoms with Gasteiger partial charge in [-0.1, -0.05) is 54.6 Å². The summed E-state index contributed by atoms with van der Waals surface area (Å²) >= 11 is 5.57. The Labute approximate surface area is 111 Å². The minimum absolute atomic E-state index is 0.0255. The van der Waals surface area contributed by atoms with Crippen molar-refractivity contribution < 1.29 is 9.90 Å². The zero-order valence-corrected chi connectivity index (χ0v) is 10.5. The number of carbonyl (C=O) groups excluding carboxylic acids is 1. The molecule has 2 rings (SSSR count). The van der Waals surface area contributed by atoms with E-state index in [0.717, 1.165) is 5.56 Å². The quantitative estimate of drug-likeness (QED) is 0.677. The topological polar surface area (TPSA) is 37.3 Å². The molecule has 0 radical (unpaired) electrons. The van der Waals surface area contributed by atoms with Crippen LogP contribution < -0.4 is 0 Å². The highest BCUT2D eigenvalue weighted by molar-refractivity contribution is 6.18. The molecule has 92 valence electrons. The molecule has 0 saturated heterocycles. The molecule has 1 N–H and O–H groups in total. The number of halogens is 1. The lowest BCUT2D eigenvalue weighted by atomic mass is 10.0. The van der Waals surface area contributed by atoms with Gasteiger partial charge in [0.15, 0.2) is 5.78 Å². The zero-order valence-electron chi connectivity index (χ0n) is 9.71. The van der Waals surface area contributed by atoms with E-state index in [2.05, 4.69) is 0 Å². The molecule has 0 aliphatic rings. The Balaban J connectivity index is 2.22. The Kier molecular flexibility index (Phi) is 4.13. The summed E-state index contributed by atoms with van der Waals surface area (Å²) in [5.74, 6) is 0.119. The summed E-state index contributed by atoms with van der Waals surface area (Å²) in [6.45, 7) is 0. The van der Waals surface area contributed by atoms with Gasteiger partial charge in [0.1, 0.15) is 0 Å². The van der Waals surface area contributed by atoms with Gasteiger partial charge in [0, 0.05) is 11.1 Å². The van der Waals surface area contributed by atoms with Crippen LogP contribution in [-0.2, 0) is 0 Å². The van der Waals surface area contributed by atoms with Gasteiger partial charge in [-0.15, -0.1) is 11.6 Å². The number of benzene rings is 2. The second-order valence-electron chi connectivity index (χ2n) is 3.99. The summed E-state index contributed by atoms with van der Waals surface area (Å²) in [5, 5.41) is 9.56. The third-order valence-electron chi connectivity index (χ3n) is 2.74. The Morgan fingerprint density at radius 2 is 1.56 bits per heavy atom. The molecule has 1 unspecified atom stereocenters. The third-order valence-corrected chi connectivity index (χ3v) is 3.03. The van der Waals surface area contributed by atoms with Crippen molar-refractivity contribution in [3.63, 3.8) is 0 Å². The summed E-state index contributed by atoms with van der Waals surface area (Å²) in [6.07, 6.45) is -0.687. The van der Waals surface area contributed by atoms with Crippen molar-refractivity contribution in [2.24, 2.45) is 0 Å². The van der Waals surface area contributed by atoms with E-state index < -0.39 is 6.10 Å². The number of hydrogen-bond acceptors (Lipinski definition) is 2. The van der Waals surface area contributed by atoms with Crippen molar-refractivity contribution >= 4 is 17.4 Å². The van der Waals surface area contributed by atoms with E-state index in [4.69, 9.17) is 11.6 Å². The fourth-order valence-electron chi connectivity index (χ4n) is 1.70. The van der Waals surface area contributed by atoms with Crippen molar-refractivity contribution in [1.82, 2.24) is 0 Å². The first kappa shape index (κ1) is 12.8. The maximum atomic E-state index is 12.1. The van der Waals surface area contributed by atoms with Crippen LogP contribution in [0.25, 0.3) is 0 Å². The highest BCUT2D eigenvalue weighted by Gasteiger charge is 2.10. The Bertz CT molecular complexity index is 520. The van der Waals surface area contributed by atoms with Gasteiger partial charge in [-0.05, 0) is 5.56 Å². The van der Waals surface area contributed by atoms with E-state index in [1.54, 1.807) is 36.4 Å². The second-order valence-corrected chi connectivity index (χ2v) is 4.30. The Morgan fingerprint density at radius 3 is 2.11 bits per heavy atom. The molecular weight excluding hydrogens is 248 g/mol. The smallest absolute Gasteiger partial charge is 0.193 e. The molecule has 0 fully saturated rings. The van der Waals surface area contributed by atoms with Crippen molar-refractivity contribution in [1.29, 1.82) is 0 Å². The van der Waals surface area contributed by atoms with Crippen LogP contribution in [0.2, 0.25) is 0 Å². The highest BCUT2D eigenvalue weighted by atomic mass is 35.5. The first-order valence-electron chi connectivity index (χ1n) is 5.66. The third kappa shape index (κ3) is 2.78. The molecule has 1 atom stereocenters. The van der Waals surface area contributed by atoms with E-state index in [9.17, 15) is 9.90 Å². The van der Waals surface area contributed by atoms with Crippen LogP contribution in [0, 0.1) is 0 Å². The largest absolute Gasteiger partial charge is 0.387 e. The van der Waals surface area contributed by atoms with Crippen LogP contribution in [0.15, 0.2) is 54.6 Å². The van der Waals surface area contributed by atoms with Gasteiger partial charge in [0.2, 0.25) is 0 Å². The molecular formula is C15H13ClO2. The number of alkyl halides is 1. The van der Waals surface area contributed by atoms with Gasteiger partial charge < -0.3 is 5.11 Å². The van der Waals surface area contributed by atoms with E-state index in [0.29, 0.717) is 11.1 Å². The summed E-state index contributed by atoms with van der Waals surface area (Å²) < 4.78 is 0. The Morgan fingerprint density at radius 1 is 1.00 bits per heavy atom. The van der Waals surface area contributed by atoms with E-state index in [1.807, 2.05) is 18.2 Å². The van der Waals surface area contributed by atoms with Crippen LogP contribution in [0.1, 0.15) is 27.6 Å². The summed E-state index contributed by atoms with van der Waals surface area (Å²) in [4.78, 5) is 12.1. The molecule has 0 bridgehead atoms. The van der Waals surface area contributed by atoms with Gasteiger partial charge in [0.05, 0.1) is 12.0 Å². The normalized spacial score (nSPS) is 12.1. The molecule has 3 heteroatoms. The lowest BCUT2D eigenvalue weighted by Gasteiger charge is -2.07. The summed E-state index contributed by atoms with van der Waals surface area (Å²) in [6, 6.07) is 16.0. The molecule has 2 aromatic carbocycles. The number of ketones is 1. The summed E-state index contributed by atoms with van der Waals surface area (Å²) in [5.41, 5.74) is 1.98. The monoisotopic (exact) mass is 260 g/mol. The zero-order chi connectivity index (χ0) is 13.0. The molecule has 2 nitrogen and oxygen atoms in total. The molecule has 0 aliphatic heterocycles. The lowest BCUT2D eigenvalue weighted by Crippen LogP contribution is -2.03. The van der Waals surface area contributed by atoms with Crippen LogP contribution in [0.4, 0.5) is 0 Å². The van der Waals surface area contributed by atoms with Crippen molar-refractivity contribution in [2.75, 3.05) is 5.88 Å². The molecule has 0 saturated carbocycles. The summed E-state index contributed by atoms with van der Waals surface area (Å²) in [7, 11) is 0. The van der Waals surface area contributed by atoms with Crippen LogP contribution in [-0.4, -0.2) is 16.8 Å². The fourth-order valence-corrected chi connectivity index (χ4v) is 1.88. The first-order valence-corrected chi connectivity index (χ1v) is 6.19. The molecule has 0 heterocycles. The highest BCUT2D eigenvalue weighted by Crippen LogP contribution is 2.16. The van der Waals surface area contributed by atoms with Crippen molar-refractivity contribution in [3.8, 4) is 0 Å². The number of hydrogen-bond donors (Lipinski definition) is 1. The molecule has 0 aliphatic carbocycles. The predicted octanol–water partition coefficient (Wildman–Crippen LogP) is 3.19. The minimum atomic E-state index is -0.687. The van der Waals surface area contributed by atoms with Gasteiger partial charge in [-0.3, -0.25) is 4.79 Å². The SMILES string of the molecule is O=C(c1ccccc1)c1ccc(C(O)CCl)cc1. The lowest BCUT2D eigenvalue weighted by molar-refractivity contribution is 0.103. The van der Waals surface area contributed by atoms with E-state index >= 15 is 0 Å². The predicted molar refractivity (Wildman–Crippen MR) is 72.0 cm³/mol. The van der Waals surface area contributed by atoms with Crippen LogP contribution in [0.5, 0.6) is 0 Å². The number of aliphatic hydroxyl groups excluding tert-OH is 1. The molecule has 2 aromatic rings. The average Bonchev–Trinajstić information content (AvgIpc) is 2.47. The maximum Gasteiger partial charge on any atom is 0.193 e. The fraction of sp³-hybridized carbons (Fsp3) is 0.133. The molecule has 0 spiro atoms. The van der Waals surface area contributed by atoms with Crippen molar-refractivity contribution in [3.05, 3.63) is 71.3 Å². The van der Waals surface area contributed by atoms with E-state index in [1.165, 1.54) is 0 Å². The van der Waals surface area contributed by atoms with Gasteiger partial charge in [0.25, 0.3) is 0 Å². The average molecular weight is 261 g/mol. The number of aliphatic hydroxyl groups is 1. The standard InChI is InChI=1S/C15H13ClO2/c16-10-14(17)11-6-8-13(9-7-11)15(18)12-4-2-1-3-5-12/h1-9,14,17H,10H2. The van der Waals surface area contributed by atoms with Crippen molar-refractivity contribution in [2.45, 2.75) is 6.10 Å². The number of carbonyl (C=O) groups is 1. The second kappa shape index (κ2) is 5.80.